The molecule has 0 heterocycles. The van der Waals surface area contributed by atoms with Crippen LogP contribution in [0.2, 0.25) is 0 Å². The molecule has 2 N–H and O–H groups in total. The van der Waals surface area contributed by atoms with E-state index in [1.807, 2.05) is 0 Å². The maximum Gasteiger partial charge on any atom is 0.309 e. The summed E-state index contributed by atoms with van der Waals surface area (Å²) >= 11 is 0. The zero-order valence-electron chi connectivity index (χ0n) is 14.5. The van der Waals surface area contributed by atoms with E-state index in [1.165, 1.54) is 31.2 Å². The highest BCUT2D eigenvalue weighted by Crippen LogP contribution is 2.15. The van der Waals surface area contributed by atoms with E-state index in [2.05, 4.69) is 10.0 Å². The largest absolute Gasteiger partial charge is 0.452 e. The Bertz CT molecular complexity index is 681. The number of carbonyl (C=O) groups is 2. The summed E-state index contributed by atoms with van der Waals surface area (Å²) in [5.74, 6) is -1.27. The second kappa shape index (κ2) is 8.25. The van der Waals surface area contributed by atoms with Gasteiger partial charge in [0.05, 0.1) is 10.8 Å². The Hall–Kier alpha value is -1.93. The SMILES string of the molecule is CC(C)NS(=O)(=O)c1ccc(NC(=O)[C@H](C)OC(=O)C(C)C)cc1. The van der Waals surface area contributed by atoms with Crippen LogP contribution in [0.25, 0.3) is 0 Å². The first-order valence-corrected chi connectivity index (χ1v) is 9.15. The summed E-state index contributed by atoms with van der Waals surface area (Å²) in [5, 5.41) is 2.57. The average Bonchev–Trinajstić information content (AvgIpc) is 2.46. The van der Waals surface area contributed by atoms with Crippen LogP contribution in [0.4, 0.5) is 5.69 Å². The summed E-state index contributed by atoms with van der Waals surface area (Å²) in [6.07, 6.45) is -0.939. The van der Waals surface area contributed by atoms with Crippen LogP contribution in [0.1, 0.15) is 34.6 Å². The lowest BCUT2D eigenvalue weighted by molar-refractivity contribution is -0.156. The fraction of sp³-hybridized carbons (Fsp3) is 0.500. The van der Waals surface area contributed by atoms with Gasteiger partial charge in [-0.2, -0.15) is 0 Å². The third-order valence-corrected chi connectivity index (χ3v) is 4.63. The Morgan fingerprint density at radius 3 is 2.00 bits per heavy atom. The number of ether oxygens (including phenoxy) is 1. The van der Waals surface area contributed by atoms with Gasteiger partial charge in [0.1, 0.15) is 0 Å². The molecule has 0 fully saturated rings. The Labute approximate surface area is 142 Å². The number of hydrogen-bond acceptors (Lipinski definition) is 5. The van der Waals surface area contributed by atoms with Crippen LogP contribution in [0.3, 0.4) is 0 Å². The fourth-order valence-electron chi connectivity index (χ4n) is 1.70. The molecule has 0 saturated heterocycles. The summed E-state index contributed by atoms with van der Waals surface area (Å²) in [7, 11) is -3.58. The molecule has 0 spiro atoms. The van der Waals surface area contributed by atoms with E-state index < -0.39 is 28.0 Å². The van der Waals surface area contributed by atoms with Gasteiger partial charge in [-0.1, -0.05) is 13.8 Å². The molecule has 1 aromatic carbocycles. The first-order chi connectivity index (χ1) is 11.0. The second-order valence-corrected chi connectivity index (χ2v) is 7.74. The van der Waals surface area contributed by atoms with Gasteiger partial charge in [0.2, 0.25) is 10.0 Å². The fourth-order valence-corrected chi connectivity index (χ4v) is 2.95. The molecular weight excluding hydrogens is 332 g/mol. The number of amides is 1. The van der Waals surface area contributed by atoms with Crippen LogP contribution in [0, 0.1) is 5.92 Å². The van der Waals surface area contributed by atoms with Gasteiger partial charge in [-0.05, 0) is 45.0 Å². The van der Waals surface area contributed by atoms with Crippen molar-refractivity contribution in [1.82, 2.24) is 4.72 Å². The summed E-state index contributed by atoms with van der Waals surface area (Å²) in [6, 6.07) is 5.52. The zero-order chi connectivity index (χ0) is 18.5. The monoisotopic (exact) mass is 356 g/mol. The molecule has 1 atom stereocenters. The normalized spacial score (nSPS) is 13.0. The maximum absolute atomic E-state index is 12.0. The van der Waals surface area contributed by atoms with Crippen LogP contribution < -0.4 is 10.0 Å². The molecule has 24 heavy (non-hydrogen) atoms. The number of nitrogens with one attached hydrogen (secondary N) is 2. The molecule has 0 saturated carbocycles. The van der Waals surface area contributed by atoms with E-state index in [4.69, 9.17) is 4.74 Å². The molecule has 7 nitrogen and oxygen atoms in total. The molecule has 0 bridgehead atoms. The smallest absolute Gasteiger partial charge is 0.309 e. The van der Waals surface area contributed by atoms with Crippen molar-refractivity contribution in [3.8, 4) is 0 Å². The van der Waals surface area contributed by atoms with E-state index in [0.717, 1.165) is 0 Å². The van der Waals surface area contributed by atoms with Gasteiger partial charge < -0.3 is 10.1 Å². The number of anilines is 1. The number of hydrogen-bond donors (Lipinski definition) is 2. The van der Waals surface area contributed by atoms with E-state index in [1.54, 1.807) is 27.7 Å². The predicted octanol–water partition coefficient (Wildman–Crippen LogP) is 1.90. The standard InChI is InChI=1S/C16H24N2O5S/c1-10(2)16(20)23-12(5)15(19)17-13-6-8-14(9-7-13)24(21,22)18-11(3)4/h6-12,18H,1-5H3,(H,17,19)/t12-/m0/s1. The van der Waals surface area contributed by atoms with Gasteiger partial charge in [-0.3, -0.25) is 9.59 Å². The minimum atomic E-state index is -3.58. The van der Waals surface area contributed by atoms with Crippen molar-refractivity contribution < 1.29 is 22.7 Å². The topological polar surface area (TPSA) is 102 Å². The zero-order valence-corrected chi connectivity index (χ0v) is 15.3. The molecule has 0 aromatic heterocycles. The van der Waals surface area contributed by atoms with E-state index in [0.29, 0.717) is 5.69 Å². The molecule has 0 unspecified atom stereocenters. The van der Waals surface area contributed by atoms with Crippen molar-refractivity contribution in [2.24, 2.45) is 5.92 Å². The van der Waals surface area contributed by atoms with E-state index in [-0.39, 0.29) is 16.9 Å². The van der Waals surface area contributed by atoms with E-state index in [9.17, 15) is 18.0 Å². The molecule has 0 radical (unpaired) electrons. The summed E-state index contributed by atoms with van der Waals surface area (Å²) in [5.41, 5.74) is 0.413. The lowest BCUT2D eigenvalue weighted by atomic mass is 10.2. The Kier molecular flexibility index (Phi) is 6.92. The molecule has 1 amide bonds. The van der Waals surface area contributed by atoms with Crippen molar-refractivity contribution in [2.45, 2.75) is 51.7 Å². The van der Waals surface area contributed by atoms with Gasteiger partial charge >= 0.3 is 5.97 Å². The van der Waals surface area contributed by atoms with Gasteiger partial charge in [0.25, 0.3) is 5.91 Å². The van der Waals surface area contributed by atoms with Gasteiger partial charge in [0.15, 0.2) is 6.10 Å². The van der Waals surface area contributed by atoms with Crippen molar-refractivity contribution in [2.75, 3.05) is 5.32 Å². The van der Waals surface area contributed by atoms with Crippen LogP contribution >= 0.6 is 0 Å². The lowest BCUT2D eigenvalue weighted by Gasteiger charge is -2.15. The third kappa shape index (κ3) is 5.93. The Morgan fingerprint density at radius 2 is 1.54 bits per heavy atom. The van der Waals surface area contributed by atoms with Crippen LogP contribution in [0.5, 0.6) is 0 Å². The average molecular weight is 356 g/mol. The molecule has 1 aromatic rings. The molecule has 0 aliphatic heterocycles. The molecule has 1 rings (SSSR count). The molecular formula is C16H24N2O5S. The molecule has 134 valence electrons. The van der Waals surface area contributed by atoms with Crippen molar-refractivity contribution in [1.29, 1.82) is 0 Å². The van der Waals surface area contributed by atoms with Gasteiger partial charge in [0, 0.05) is 11.7 Å². The van der Waals surface area contributed by atoms with Crippen LogP contribution in [0.15, 0.2) is 29.2 Å². The van der Waals surface area contributed by atoms with Crippen molar-refractivity contribution >= 4 is 27.6 Å². The van der Waals surface area contributed by atoms with Gasteiger partial charge in [-0.15, -0.1) is 0 Å². The van der Waals surface area contributed by atoms with Crippen LogP contribution in [-0.4, -0.2) is 32.4 Å². The highest BCUT2D eigenvalue weighted by molar-refractivity contribution is 7.89. The summed E-state index contributed by atoms with van der Waals surface area (Å²) in [6.45, 7) is 8.29. The Morgan fingerprint density at radius 1 is 1.00 bits per heavy atom. The molecule has 0 aliphatic rings. The number of sulfonamides is 1. The number of benzene rings is 1. The summed E-state index contributed by atoms with van der Waals surface area (Å²) < 4.78 is 31.5. The second-order valence-electron chi connectivity index (χ2n) is 6.02. The number of carbonyl (C=O) groups excluding carboxylic acids is 2. The van der Waals surface area contributed by atoms with Crippen molar-refractivity contribution in [3.63, 3.8) is 0 Å². The Balaban J connectivity index is 2.73. The quantitative estimate of drug-likeness (QED) is 0.727. The number of rotatable bonds is 7. The predicted molar refractivity (Wildman–Crippen MR) is 90.9 cm³/mol. The van der Waals surface area contributed by atoms with Crippen LogP contribution in [-0.2, 0) is 24.3 Å². The van der Waals surface area contributed by atoms with E-state index >= 15 is 0 Å². The summed E-state index contributed by atoms with van der Waals surface area (Å²) in [4.78, 5) is 23.6. The van der Waals surface area contributed by atoms with Crippen molar-refractivity contribution in [3.05, 3.63) is 24.3 Å². The lowest BCUT2D eigenvalue weighted by Crippen LogP contribution is -2.31. The molecule has 8 heteroatoms. The minimum Gasteiger partial charge on any atom is -0.452 e. The molecule has 0 aliphatic carbocycles. The third-order valence-electron chi connectivity index (χ3n) is 2.96. The highest BCUT2D eigenvalue weighted by Gasteiger charge is 2.20. The van der Waals surface area contributed by atoms with Gasteiger partial charge in [-0.25, -0.2) is 13.1 Å². The first kappa shape index (κ1) is 20.1. The number of esters is 1. The first-order valence-electron chi connectivity index (χ1n) is 7.66. The highest BCUT2D eigenvalue weighted by atomic mass is 32.2. The maximum atomic E-state index is 12.0. The minimum absolute atomic E-state index is 0.105.